The van der Waals surface area contributed by atoms with Crippen molar-refractivity contribution in [3.8, 4) is 0 Å². The SMILES string of the molecule is Cn1cccc1S[Si](C)(C)C. The second kappa shape index (κ2) is 3.07. The largest absolute Gasteiger partial charge is 0.346 e. The first-order valence-electron chi connectivity index (χ1n) is 3.79. The van der Waals surface area contributed by atoms with E-state index in [0.29, 0.717) is 0 Å². The van der Waals surface area contributed by atoms with Crippen molar-refractivity contribution in [1.29, 1.82) is 0 Å². The average molecular weight is 185 g/mol. The average Bonchev–Trinajstić information content (AvgIpc) is 2.12. The lowest BCUT2D eigenvalue weighted by molar-refractivity contribution is 0.831. The number of aromatic nitrogens is 1. The summed E-state index contributed by atoms with van der Waals surface area (Å²) in [5, 5.41) is 1.39. The Morgan fingerprint density at radius 1 is 1.36 bits per heavy atom. The summed E-state index contributed by atoms with van der Waals surface area (Å²) in [4.78, 5) is 0. The summed E-state index contributed by atoms with van der Waals surface area (Å²) < 4.78 is 2.18. The van der Waals surface area contributed by atoms with Crippen LogP contribution in [0.5, 0.6) is 0 Å². The fourth-order valence-corrected chi connectivity index (χ4v) is 4.36. The molecule has 0 aromatic carbocycles. The van der Waals surface area contributed by atoms with Crippen LogP contribution < -0.4 is 0 Å². The molecule has 0 atom stereocenters. The minimum Gasteiger partial charge on any atom is -0.346 e. The van der Waals surface area contributed by atoms with Crippen LogP contribution in [0.4, 0.5) is 0 Å². The maximum absolute atomic E-state index is 2.37. The van der Waals surface area contributed by atoms with E-state index in [0.717, 1.165) is 0 Å². The van der Waals surface area contributed by atoms with E-state index < -0.39 is 7.22 Å². The van der Waals surface area contributed by atoms with Crippen LogP contribution in [0, 0.1) is 0 Å². The Hall–Kier alpha value is -0.153. The molecule has 0 bridgehead atoms. The van der Waals surface area contributed by atoms with Gasteiger partial charge in [0.1, 0.15) is 7.22 Å². The van der Waals surface area contributed by atoms with E-state index in [-0.39, 0.29) is 0 Å². The molecule has 0 amide bonds. The van der Waals surface area contributed by atoms with Crippen molar-refractivity contribution in [2.75, 3.05) is 0 Å². The molecule has 1 rings (SSSR count). The third kappa shape index (κ3) is 2.75. The van der Waals surface area contributed by atoms with Crippen molar-refractivity contribution in [1.82, 2.24) is 4.57 Å². The van der Waals surface area contributed by atoms with Gasteiger partial charge in [-0.3, -0.25) is 0 Å². The smallest absolute Gasteiger partial charge is 0.116 e. The van der Waals surface area contributed by atoms with Crippen molar-refractivity contribution < 1.29 is 0 Å². The lowest BCUT2D eigenvalue weighted by atomic mass is 10.7. The van der Waals surface area contributed by atoms with E-state index in [9.17, 15) is 0 Å². The molecule has 0 N–H and O–H groups in total. The topological polar surface area (TPSA) is 4.93 Å². The van der Waals surface area contributed by atoms with E-state index in [1.165, 1.54) is 5.03 Å². The third-order valence-corrected chi connectivity index (χ3v) is 5.02. The number of nitrogens with zero attached hydrogens (tertiary/aromatic N) is 1. The molecule has 0 unspecified atom stereocenters. The predicted molar refractivity (Wildman–Crippen MR) is 54.6 cm³/mol. The molecule has 0 saturated carbocycles. The van der Waals surface area contributed by atoms with Crippen LogP contribution in [0.3, 0.4) is 0 Å². The molecule has 62 valence electrons. The van der Waals surface area contributed by atoms with E-state index >= 15 is 0 Å². The number of aryl methyl sites for hydroxylation is 1. The number of hydrogen-bond donors (Lipinski definition) is 0. The van der Waals surface area contributed by atoms with Crippen molar-refractivity contribution in [2.24, 2.45) is 7.05 Å². The van der Waals surface area contributed by atoms with E-state index in [4.69, 9.17) is 0 Å². The fourth-order valence-electron chi connectivity index (χ4n) is 0.865. The molecule has 0 radical (unpaired) electrons. The van der Waals surface area contributed by atoms with Crippen LogP contribution in [0.1, 0.15) is 0 Å². The van der Waals surface area contributed by atoms with Crippen LogP contribution >= 0.6 is 11.2 Å². The van der Waals surface area contributed by atoms with Gasteiger partial charge in [-0.05, 0) is 12.1 Å². The first-order valence-corrected chi connectivity index (χ1v) is 8.83. The summed E-state index contributed by atoms with van der Waals surface area (Å²) in [6, 6.07) is 4.28. The lowest BCUT2D eigenvalue weighted by Crippen LogP contribution is -2.14. The molecule has 0 spiro atoms. The molecule has 1 aromatic rings. The molecule has 1 heterocycles. The van der Waals surface area contributed by atoms with Crippen molar-refractivity contribution >= 4 is 18.4 Å². The van der Waals surface area contributed by atoms with Gasteiger partial charge in [-0.2, -0.15) is 0 Å². The summed E-state index contributed by atoms with van der Waals surface area (Å²) in [7, 11) is 1.10. The van der Waals surface area contributed by atoms with Crippen molar-refractivity contribution in [3.05, 3.63) is 18.3 Å². The zero-order valence-corrected chi connectivity index (χ0v) is 9.40. The van der Waals surface area contributed by atoms with E-state index in [1.54, 1.807) is 0 Å². The van der Waals surface area contributed by atoms with E-state index in [1.807, 2.05) is 11.2 Å². The molecular weight excluding hydrogens is 170 g/mol. The zero-order chi connectivity index (χ0) is 8.48. The van der Waals surface area contributed by atoms with Gasteiger partial charge in [-0.1, -0.05) is 19.6 Å². The Bertz CT molecular complexity index is 236. The summed E-state index contributed by atoms with van der Waals surface area (Å²) in [6.07, 6.45) is 2.10. The standard InChI is InChI=1S/C8H15NSSi/c1-9-7-5-6-8(9)10-11(2,3)4/h5-7H,1-4H3. The summed E-state index contributed by atoms with van der Waals surface area (Å²) in [5.41, 5.74) is 0. The van der Waals surface area contributed by atoms with Gasteiger partial charge >= 0.3 is 0 Å². The molecule has 3 heteroatoms. The third-order valence-electron chi connectivity index (χ3n) is 1.31. The molecule has 0 aliphatic rings. The molecule has 1 aromatic heterocycles. The normalized spacial score (nSPS) is 12.0. The van der Waals surface area contributed by atoms with Crippen LogP contribution in [-0.2, 0) is 7.05 Å². The molecular formula is C8H15NSSi. The van der Waals surface area contributed by atoms with Gasteiger partial charge < -0.3 is 4.57 Å². The van der Waals surface area contributed by atoms with Crippen LogP contribution in [0.15, 0.2) is 23.4 Å². The maximum atomic E-state index is 2.37. The molecule has 0 saturated heterocycles. The van der Waals surface area contributed by atoms with Gasteiger partial charge in [0, 0.05) is 13.2 Å². The second-order valence-corrected chi connectivity index (χ2v) is 12.8. The maximum Gasteiger partial charge on any atom is 0.116 e. The first-order chi connectivity index (χ1) is 4.99. The minimum atomic E-state index is -0.997. The molecule has 0 aliphatic heterocycles. The first kappa shape index (κ1) is 8.94. The second-order valence-electron chi connectivity index (χ2n) is 3.67. The highest BCUT2D eigenvalue weighted by Crippen LogP contribution is 2.28. The highest BCUT2D eigenvalue weighted by molar-refractivity contribution is 8.28. The Labute approximate surface area is 73.5 Å². The quantitative estimate of drug-likeness (QED) is 0.641. The van der Waals surface area contributed by atoms with Crippen molar-refractivity contribution in [2.45, 2.75) is 24.7 Å². The molecule has 1 nitrogen and oxygen atoms in total. The van der Waals surface area contributed by atoms with Crippen LogP contribution in [-0.4, -0.2) is 11.8 Å². The van der Waals surface area contributed by atoms with Crippen molar-refractivity contribution in [3.63, 3.8) is 0 Å². The van der Waals surface area contributed by atoms with Gasteiger partial charge in [0.25, 0.3) is 0 Å². The van der Waals surface area contributed by atoms with Gasteiger partial charge in [0.2, 0.25) is 0 Å². The number of rotatable bonds is 2. The van der Waals surface area contributed by atoms with E-state index in [2.05, 4.69) is 49.6 Å². The van der Waals surface area contributed by atoms with Gasteiger partial charge in [0.15, 0.2) is 0 Å². The molecule has 0 aliphatic carbocycles. The summed E-state index contributed by atoms with van der Waals surface area (Å²) in [5.74, 6) is 0. The van der Waals surface area contributed by atoms with Gasteiger partial charge in [-0.15, -0.1) is 11.2 Å². The monoisotopic (exact) mass is 185 g/mol. The molecule has 11 heavy (non-hydrogen) atoms. The fraction of sp³-hybridized carbons (Fsp3) is 0.500. The predicted octanol–water partition coefficient (Wildman–Crippen LogP) is 2.95. The Balaban J connectivity index is 2.72. The van der Waals surface area contributed by atoms with Gasteiger partial charge in [0.05, 0.1) is 5.03 Å². The summed E-state index contributed by atoms with van der Waals surface area (Å²) >= 11 is 2.04. The van der Waals surface area contributed by atoms with Crippen LogP contribution in [0.25, 0.3) is 0 Å². The van der Waals surface area contributed by atoms with Crippen LogP contribution in [0.2, 0.25) is 19.6 Å². The summed E-state index contributed by atoms with van der Waals surface area (Å²) in [6.45, 7) is 7.10. The zero-order valence-electron chi connectivity index (χ0n) is 7.59. The highest BCUT2D eigenvalue weighted by Gasteiger charge is 2.15. The van der Waals surface area contributed by atoms with Gasteiger partial charge in [-0.25, -0.2) is 0 Å². The Morgan fingerprint density at radius 2 is 2.00 bits per heavy atom. The Morgan fingerprint density at radius 3 is 2.36 bits per heavy atom. The Kier molecular flexibility index (Phi) is 2.49. The number of hydrogen-bond acceptors (Lipinski definition) is 1. The highest BCUT2D eigenvalue weighted by atomic mass is 32.4. The molecule has 0 fully saturated rings. The lowest BCUT2D eigenvalue weighted by Gasteiger charge is -2.15. The minimum absolute atomic E-state index is 0.997.